The van der Waals surface area contributed by atoms with Crippen LogP contribution in [0.4, 0.5) is 0 Å². The number of rotatable bonds is 1. The average Bonchev–Trinajstić information content (AvgIpc) is 2.06. The predicted octanol–water partition coefficient (Wildman–Crippen LogP) is 3.99. The van der Waals surface area contributed by atoms with Crippen molar-refractivity contribution in [1.29, 1.82) is 0 Å². The quantitative estimate of drug-likeness (QED) is 0.502. The van der Waals surface area contributed by atoms with Gasteiger partial charge in [-0.15, -0.1) is 0 Å². The Bertz CT molecular complexity index is 189. The summed E-state index contributed by atoms with van der Waals surface area (Å²) in [7, 11) is 0. The highest BCUT2D eigenvalue weighted by atomic mass is 127. The van der Waals surface area contributed by atoms with Crippen LogP contribution in [0.25, 0.3) is 0 Å². The van der Waals surface area contributed by atoms with Gasteiger partial charge in [-0.05, 0) is 36.5 Å². The minimum absolute atomic E-state index is 0.252. The average molecular weight is 276 g/mol. The summed E-state index contributed by atoms with van der Waals surface area (Å²) < 4.78 is 3.03. The molecule has 0 N–H and O–H groups in total. The van der Waals surface area contributed by atoms with Gasteiger partial charge >= 0.3 is 0 Å². The van der Waals surface area contributed by atoms with E-state index in [4.69, 9.17) is 0 Å². The zero-order valence-electron chi connectivity index (χ0n) is 7.99. The van der Waals surface area contributed by atoms with Crippen LogP contribution < -0.4 is 0 Å². The summed E-state index contributed by atoms with van der Waals surface area (Å²) in [5.41, 5.74) is 0.252. The molecular formula is C11H17I. The molecule has 0 atom stereocenters. The van der Waals surface area contributed by atoms with Crippen molar-refractivity contribution < 1.29 is 0 Å². The van der Waals surface area contributed by atoms with Crippen LogP contribution in [0.5, 0.6) is 0 Å². The van der Waals surface area contributed by atoms with Crippen molar-refractivity contribution in [3.8, 4) is 9.85 Å². The van der Waals surface area contributed by atoms with Gasteiger partial charge in [-0.1, -0.05) is 25.2 Å². The third-order valence-corrected chi connectivity index (χ3v) is 3.26. The predicted molar refractivity (Wildman–Crippen MR) is 62.2 cm³/mol. The van der Waals surface area contributed by atoms with Crippen molar-refractivity contribution in [2.75, 3.05) is 0 Å². The van der Waals surface area contributed by atoms with Gasteiger partial charge in [0.2, 0.25) is 0 Å². The molecule has 0 nitrogen and oxygen atoms in total. The van der Waals surface area contributed by atoms with Gasteiger partial charge in [0.15, 0.2) is 0 Å². The second-order valence-corrected chi connectivity index (χ2v) is 4.82. The van der Waals surface area contributed by atoms with E-state index in [1.807, 2.05) is 0 Å². The summed E-state index contributed by atoms with van der Waals surface area (Å²) >= 11 is 2.15. The summed E-state index contributed by atoms with van der Waals surface area (Å²) in [5.74, 6) is 4.17. The van der Waals surface area contributed by atoms with E-state index in [1.165, 1.54) is 32.1 Å². The molecule has 0 amide bonds. The fourth-order valence-corrected chi connectivity index (χ4v) is 2.74. The lowest BCUT2D eigenvalue weighted by molar-refractivity contribution is 0.220. The van der Waals surface area contributed by atoms with Crippen LogP contribution in [-0.2, 0) is 0 Å². The molecule has 0 aromatic heterocycles. The fraction of sp³-hybridized carbons (Fsp3) is 0.818. The first kappa shape index (κ1) is 10.4. The molecule has 0 unspecified atom stereocenters. The Kier molecular flexibility index (Phi) is 3.89. The van der Waals surface area contributed by atoms with Crippen molar-refractivity contribution in [3.63, 3.8) is 0 Å². The Labute approximate surface area is 89.6 Å². The van der Waals surface area contributed by atoms with Gasteiger partial charge in [0.25, 0.3) is 0 Å². The SMILES string of the molecule is CC(C)(C#CI)C1CCCCC1. The largest absolute Gasteiger partial charge is 0.0854 e. The highest BCUT2D eigenvalue weighted by Crippen LogP contribution is 2.37. The lowest BCUT2D eigenvalue weighted by Crippen LogP contribution is -2.24. The van der Waals surface area contributed by atoms with Gasteiger partial charge in [-0.25, -0.2) is 0 Å². The number of hydrogen-bond acceptors (Lipinski definition) is 0. The van der Waals surface area contributed by atoms with Gasteiger partial charge in [-0.3, -0.25) is 0 Å². The van der Waals surface area contributed by atoms with E-state index < -0.39 is 0 Å². The topological polar surface area (TPSA) is 0 Å². The Morgan fingerprint density at radius 3 is 2.25 bits per heavy atom. The van der Waals surface area contributed by atoms with Crippen molar-refractivity contribution in [3.05, 3.63) is 0 Å². The van der Waals surface area contributed by atoms with Crippen LogP contribution >= 0.6 is 22.6 Å². The molecule has 1 aliphatic carbocycles. The zero-order valence-corrected chi connectivity index (χ0v) is 10.1. The molecule has 0 heterocycles. The highest BCUT2D eigenvalue weighted by molar-refractivity contribution is 14.1. The first-order valence-electron chi connectivity index (χ1n) is 4.79. The van der Waals surface area contributed by atoms with Crippen LogP contribution in [0.1, 0.15) is 46.0 Å². The second-order valence-electron chi connectivity index (χ2n) is 4.28. The molecule has 1 heteroatoms. The molecule has 1 saturated carbocycles. The maximum Gasteiger partial charge on any atom is 0.0294 e. The molecule has 0 aromatic rings. The standard InChI is InChI=1S/C11H17I/c1-11(2,8-9-12)10-6-4-3-5-7-10/h10H,3-7H2,1-2H3. The summed E-state index contributed by atoms with van der Waals surface area (Å²) in [5, 5.41) is 0. The molecule has 0 radical (unpaired) electrons. The summed E-state index contributed by atoms with van der Waals surface area (Å²) in [6.45, 7) is 4.57. The zero-order chi connectivity index (χ0) is 9.03. The molecular weight excluding hydrogens is 259 g/mol. The molecule has 1 fully saturated rings. The molecule has 1 aliphatic rings. The smallest absolute Gasteiger partial charge is 0.0294 e. The van der Waals surface area contributed by atoms with Crippen LogP contribution in [-0.4, -0.2) is 0 Å². The van der Waals surface area contributed by atoms with E-state index in [9.17, 15) is 0 Å². The lowest BCUT2D eigenvalue weighted by Gasteiger charge is -2.32. The van der Waals surface area contributed by atoms with Gasteiger partial charge < -0.3 is 0 Å². The second kappa shape index (κ2) is 4.50. The Morgan fingerprint density at radius 2 is 1.75 bits per heavy atom. The molecule has 12 heavy (non-hydrogen) atoms. The van der Waals surface area contributed by atoms with Crippen LogP contribution in [0.15, 0.2) is 0 Å². The fourth-order valence-electron chi connectivity index (χ4n) is 2.05. The minimum atomic E-state index is 0.252. The maximum atomic E-state index is 3.33. The number of halogens is 1. The highest BCUT2D eigenvalue weighted by Gasteiger charge is 2.28. The van der Waals surface area contributed by atoms with E-state index >= 15 is 0 Å². The first-order valence-corrected chi connectivity index (χ1v) is 5.87. The van der Waals surface area contributed by atoms with Crippen molar-refractivity contribution in [1.82, 2.24) is 0 Å². The molecule has 0 aliphatic heterocycles. The molecule has 0 saturated heterocycles. The number of hydrogen-bond donors (Lipinski definition) is 0. The van der Waals surface area contributed by atoms with E-state index in [2.05, 4.69) is 46.3 Å². The molecule has 1 rings (SSSR count). The Morgan fingerprint density at radius 1 is 1.17 bits per heavy atom. The third-order valence-electron chi connectivity index (χ3n) is 3.00. The van der Waals surface area contributed by atoms with E-state index in [0.29, 0.717) is 0 Å². The normalized spacial score (nSPS) is 19.9. The van der Waals surface area contributed by atoms with Crippen molar-refractivity contribution in [2.45, 2.75) is 46.0 Å². The minimum Gasteiger partial charge on any atom is -0.0854 e. The third kappa shape index (κ3) is 2.65. The monoisotopic (exact) mass is 276 g/mol. The van der Waals surface area contributed by atoms with E-state index in [0.717, 1.165) is 5.92 Å². The van der Waals surface area contributed by atoms with Crippen molar-refractivity contribution in [2.24, 2.45) is 11.3 Å². The van der Waals surface area contributed by atoms with Crippen LogP contribution in [0, 0.1) is 21.2 Å². The summed E-state index contributed by atoms with van der Waals surface area (Å²) in [6.07, 6.45) is 7.04. The van der Waals surface area contributed by atoms with E-state index in [-0.39, 0.29) is 5.41 Å². The van der Waals surface area contributed by atoms with Crippen LogP contribution in [0.3, 0.4) is 0 Å². The summed E-state index contributed by atoms with van der Waals surface area (Å²) in [6, 6.07) is 0. The maximum absolute atomic E-state index is 3.33. The summed E-state index contributed by atoms with van der Waals surface area (Å²) in [4.78, 5) is 0. The van der Waals surface area contributed by atoms with Gasteiger partial charge in [0.05, 0.1) is 0 Å². The Hall–Kier alpha value is 0.290. The molecule has 68 valence electrons. The van der Waals surface area contributed by atoms with Crippen molar-refractivity contribution >= 4 is 22.6 Å². The first-order chi connectivity index (χ1) is 5.67. The molecule has 0 bridgehead atoms. The Balaban J connectivity index is 2.57. The van der Waals surface area contributed by atoms with Gasteiger partial charge in [0.1, 0.15) is 0 Å². The van der Waals surface area contributed by atoms with E-state index in [1.54, 1.807) is 0 Å². The van der Waals surface area contributed by atoms with Gasteiger partial charge in [-0.2, -0.15) is 0 Å². The van der Waals surface area contributed by atoms with Gasteiger partial charge in [0, 0.05) is 28.0 Å². The molecule has 0 aromatic carbocycles. The molecule has 0 spiro atoms. The van der Waals surface area contributed by atoms with Crippen LogP contribution in [0.2, 0.25) is 0 Å². The lowest BCUT2D eigenvalue weighted by atomic mass is 9.72.